The number of benzene rings is 2. The smallest absolute Gasteiger partial charge is 0.247 e. The highest BCUT2D eigenvalue weighted by atomic mass is 32.2. The summed E-state index contributed by atoms with van der Waals surface area (Å²) in [5, 5.41) is 2.94. The zero-order valence-electron chi connectivity index (χ0n) is 20.9. The van der Waals surface area contributed by atoms with E-state index in [-0.39, 0.29) is 23.9 Å². The fourth-order valence-corrected chi connectivity index (χ4v) is 5.77. The zero-order chi connectivity index (χ0) is 25.3. The maximum Gasteiger partial charge on any atom is 0.247 e. The van der Waals surface area contributed by atoms with Crippen LogP contribution in [0.5, 0.6) is 0 Å². The van der Waals surface area contributed by atoms with Crippen molar-refractivity contribution in [2.45, 2.75) is 58.4 Å². The number of anilines is 1. The number of hydrogen-bond donors (Lipinski definition) is 1. The molecule has 0 aromatic heterocycles. The molecular formula is C26H35N3O4S. The minimum atomic E-state index is -3.97. The van der Waals surface area contributed by atoms with Gasteiger partial charge in [0.05, 0.1) is 11.4 Å². The Kier molecular flexibility index (Phi) is 7.53. The van der Waals surface area contributed by atoms with Crippen molar-refractivity contribution in [1.82, 2.24) is 9.62 Å². The van der Waals surface area contributed by atoms with Crippen LogP contribution in [0, 0.1) is 26.7 Å². The van der Waals surface area contributed by atoms with E-state index in [4.69, 9.17) is 0 Å². The second kappa shape index (κ2) is 9.88. The highest BCUT2D eigenvalue weighted by molar-refractivity contribution is 7.89. The average molecular weight is 486 g/mol. The lowest BCUT2D eigenvalue weighted by atomic mass is 9.93. The molecule has 1 N–H and O–H groups in total. The SMILES string of the molecule is Cc1ccc(S(=O)(=O)N2CC(=O)N(c3ccc(C)cc3C)[C@@](C)(C(=O)NCCC(C)C)C2)cc1. The maximum absolute atomic E-state index is 13.5. The van der Waals surface area contributed by atoms with Crippen molar-refractivity contribution in [3.63, 3.8) is 0 Å². The number of piperazine rings is 1. The highest BCUT2D eigenvalue weighted by Gasteiger charge is 2.51. The van der Waals surface area contributed by atoms with Crippen LogP contribution in [0.3, 0.4) is 0 Å². The first-order valence-electron chi connectivity index (χ1n) is 11.6. The van der Waals surface area contributed by atoms with E-state index in [1.54, 1.807) is 19.1 Å². The van der Waals surface area contributed by atoms with Crippen LogP contribution in [0.2, 0.25) is 0 Å². The molecule has 1 fully saturated rings. The molecule has 2 aromatic rings. The topological polar surface area (TPSA) is 86.8 Å². The predicted octanol–water partition coefficient (Wildman–Crippen LogP) is 3.57. The van der Waals surface area contributed by atoms with Crippen molar-refractivity contribution in [1.29, 1.82) is 0 Å². The minimum absolute atomic E-state index is 0.105. The van der Waals surface area contributed by atoms with Crippen LogP contribution >= 0.6 is 0 Å². The van der Waals surface area contributed by atoms with Crippen LogP contribution in [0.1, 0.15) is 43.9 Å². The van der Waals surface area contributed by atoms with E-state index in [0.717, 1.165) is 27.4 Å². The number of carbonyl (C=O) groups is 2. The lowest BCUT2D eigenvalue weighted by Crippen LogP contribution is -2.70. The van der Waals surface area contributed by atoms with Gasteiger partial charge in [-0.2, -0.15) is 4.31 Å². The monoisotopic (exact) mass is 485 g/mol. The standard InChI is InChI=1S/C26H35N3O4S/c1-18(2)13-14-27-25(31)26(6)17-28(34(32,33)22-10-7-19(3)8-11-22)16-24(30)29(26)23-12-9-20(4)15-21(23)5/h7-12,15,18H,13-14,16-17H2,1-6H3,(H,27,31)/t26-/m1/s1. The molecule has 34 heavy (non-hydrogen) atoms. The van der Waals surface area contributed by atoms with Gasteiger partial charge in [-0.1, -0.05) is 49.2 Å². The lowest BCUT2D eigenvalue weighted by Gasteiger charge is -2.47. The number of amides is 2. The van der Waals surface area contributed by atoms with Crippen molar-refractivity contribution in [2.24, 2.45) is 5.92 Å². The highest BCUT2D eigenvalue weighted by Crippen LogP contribution is 2.34. The van der Waals surface area contributed by atoms with Crippen molar-refractivity contribution in [3.8, 4) is 0 Å². The molecule has 0 bridgehead atoms. The molecule has 7 nitrogen and oxygen atoms in total. The second-order valence-electron chi connectivity index (χ2n) is 9.82. The van der Waals surface area contributed by atoms with Crippen molar-refractivity contribution < 1.29 is 18.0 Å². The van der Waals surface area contributed by atoms with Crippen molar-refractivity contribution in [2.75, 3.05) is 24.5 Å². The van der Waals surface area contributed by atoms with Crippen LogP contribution in [0.15, 0.2) is 47.4 Å². The molecule has 1 saturated heterocycles. The first-order valence-corrected chi connectivity index (χ1v) is 13.1. The normalized spacial score (nSPS) is 19.5. The van der Waals surface area contributed by atoms with Gasteiger partial charge in [-0.25, -0.2) is 8.42 Å². The summed E-state index contributed by atoms with van der Waals surface area (Å²) in [6.07, 6.45) is 0.782. The Balaban J connectivity index is 2.04. The summed E-state index contributed by atoms with van der Waals surface area (Å²) in [5.74, 6) is -0.407. The van der Waals surface area contributed by atoms with E-state index in [9.17, 15) is 18.0 Å². The molecule has 1 aliphatic rings. The van der Waals surface area contributed by atoms with Gasteiger partial charge in [-0.15, -0.1) is 0 Å². The first kappa shape index (κ1) is 25.9. The number of nitrogens with one attached hydrogen (secondary N) is 1. The Hall–Kier alpha value is -2.71. The van der Waals surface area contributed by atoms with Gasteiger partial charge in [0.1, 0.15) is 5.54 Å². The summed E-state index contributed by atoms with van der Waals surface area (Å²) >= 11 is 0. The number of carbonyl (C=O) groups excluding carboxylic acids is 2. The number of sulfonamides is 1. The van der Waals surface area contributed by atoms with E-state index in [1.165, 1.54) is 17.0 Å². The molecule has 0 spiro atoms. The summed E-state index contributed by atoms with van der Waals surface area (Å²) in [4.78, 5) is 28.6. The summed E-state index contributed by atoms with van der Waals surface area (Å²) in [6, 6.07) is 12.2. The van der Waals surface area contributed by atoms with E-state index >= 15 is 0 Å². The summed E-state index contributed by atoms with van der Waals surface area (Å²) < 4.78 is 28.0. The van der Waals surface area contributed by atoms with E-state index in [2.05, 4.69) is 19.2 Å². The van der Waals surface area contributed by atoms with Gasteiger partial charge >= 0.3 is 0 Å². The van der Waals surface area contributed by atoms with Crippen LogP contribution in [0.25, 0.3) is 0 Å². The number of nitrogens with zero attached hydrogens (tertiary/aromatic N) is 2. The Morgan fingerprint density at radius 2 is 1.68 bits per heavy atom. The molecule has 2 amide bonds. The minimum Gasteiger partial charge on any atom is -0.354 e. The second-order valence-corrected chi connectivity index (χ2v) is 11.8. The zero-order valence-corrected chi connectivity index (χ0v) is 21.7. The quantitative estimate of drug-likeness (QED) is 0.650. The summed E-state index contributed by atoms with van der Waals surface area (Å²) in [6.45, 7) is 11.5. The molecule has 0 unspecified atom stereocenters. The number of rotatable bonds is 7. The third kappa shape index (κ3) is 5.18. The predicted molar refractivity (Wildman–Crippen MR) is 134 cm³/mol. The molecule has 1 heterocycles. The molecule has 1 aliphatic heterocycles. The van der Waals surface area contributed by atoms with Crippen molar-refractivity contribution in [3.05, 3.63) is 59.2 Å². The molecule has 2 aromatic carbocycles. The van der Waals surface area contributed by atoms with Gasteiger partial charge in [0.2, 0.25) is 21.8 Å². The molecule has 0 saturated carbocycles. The van der Waals surface area contributed by atoms with E-state index in [1.807, 2.05) is 39.0 Å². The molecule has 8 heteroatoms. The number of aryl methyl sites for hydroxylation is 3. The van der Waals surface area contributed by atoms with Gasteiger partial charge in [-0.05, 0) is 63.8 Å². The molecule has 1 atom stereocenters. The molecular weight excluding hydrogens is 450 g/mol. The Morgan fingerprint density at radius 1 is 1.06 bits per heavy atom. The largest absolute Gasteiger partial charge is 0.354 e. The van der Waals surface area contributed by atoms with Crippen molar-refractivity contribution >= 4 is 27.5 Å². The summed E-state index contributed by atoms with van der Waals surface area (Å²) in [5.41, 5.74) is 2.03. The molecule has 0 aliphatic carbocycles. The third-order valence-corrected chi connectivity index (χ3v) is 8.09. The molecule has 184 valence electrons. The third-order valence-electron chi connectivity index (χ3n) is 6.29. The van der Waals surface area contributed by atoms with E-state index in [0.29, 0.717) is 18.2 Å². The van der Waals surface area contributed by atoms with Crippen LogP contribution < -0.4 is 10.2 Å². The molecule has 3 rings (SSSR count). The van der Waals surface area contributed by atoms with Gasteiger partial charge in [0, 0.05) is 18.8 Å². The fourth-order valence-electron chi connectivity index (χ4n) is 4.29. The number of hydrogen-bond acceptors (Lipinski definition) is 4. The van der Waals surface area contributed by atoms with Gasteiger partial charge in [-0.3, -0.25) is 14.5 Å². The average Bonchev–Trinajstić information content (AvgIpc) is 2.74. The maximum atomic E-state index is 13.5. The molecule has 0 radical (unpaired) electrons. The van der Waals surface area contributed by atoms with E-state index < -0.39 is 21.5 Å². The first-order chi connectivity index (χ1) is 15.9. The van der Waals surface area contributed by atoms with Gasteiger partial charge in [0.25, 0.3) is 0 Å². The Morgan fingerprint density at radius 3 is 2.26 bits per heavy atom. The lowest BCUT2D eigenvalue weighted by molar-refractivity contribution is -0.132. The Bertz CT molecular complexity index is 1180. The van der Waals surface area contributed by atoms with Gasteiger partial charge in [0.15, 0.2) is 0 Å². The van der Waals surface area contributed by atoms with Crippen LogP contribution in [0.4, 0.5) is 5.69 Å². The van der Waals surface area contributed by atoms with Gasteiger partial charge < -0.3 is 5.32 Å². The van der Waals surface area contributed by atoms with Crippen LogP contribution in [-0.4, -0.2) is 49.7 Å². The Labute approximate surface area is 203 Å². The van der Waals surface area contributed by atoms with Crippen LogP contribution in [-0.2, 0) is 19.6 Å². The summed E-state index contributed by atoms with van der Waals surface area (Å²) in [7, 11) is -3.97. The fraction of sp³-hybridized carbons (Fsp3) is 0.462.